The van der Waals surface area contributed by atoms with Gasteiger partial charge in [0, 0.05) is 31.6 Å². The molecule has 1 aromatic heterocycles. The van der Waals surface area contributed by atoms with Gasteiger partial charge in [-0.15, -0.1) is 10.2 Å². The number of aromatic nitrogens is 2. The van der Waals surface area contributed by atoms with E-state index in [4.69, 9.17) is 11.6 Å². The summed E-state index contributed by atoms with van der Waals surface area (Å²) >= 11 is 7.28. The molecule has 1 aliphatic rings. The molecule has 1 atom stereocenters. The molecule has 1 unspecified atom stereocenters. The van der Waals surface area contributed by atoms with Gasteiger partial charge in [0.15, 0.2) is 0 Å². The summed E-state index contributed by atoms with van der Waals surface area (Å²) in [6, 6.07) is 12.7. The lowest BCUT2D eigenvalue weighted by atomic mass is 10.1. The van der Waals surface area contributed by atoms with Crippen LogP contribution in [0.15, 0.2) is 42.5 Å². The second kappa shape index (κ2) is 10.3. The maximum Gasteiger partial charge on any atom is 0.252 e. The summed E-state index contributed by atoms with van der Waals surface area (Å²) in [6.45, 7) is 4.70. The fourth-order valence-electron chi connectivity index (χ4n) is 3.66. The molecule has 2 heterocycles. The second-order valence-corrected chi connectivity index (χ2v) is 9.62. The van der Waals surface area contributed by atoms with Gasteiger partial charge in [-0.05, 0) is 49.2 Å². The Kier molecular flexibility index (Phi) is 7.23. The number of amides is 3. The van der Waals surface area contributed by atoms with Crippen molar-refractivity contribution in [3.8, 4) is 0 Å². The topological polar surface area (TPSA) is 104 Å². The Morgan fingerprint density at radius 3 is 2.71 bits per heavy atom. The number of hydrogen-bond donors (Lipinski definition) is 2. The van der Waals surface area contributed by atoms with Crippen LogP contribution in [0.1, 0.15) is 32.9 Å². The van der Waals surface area contributed by atoms with E-state index in [1.807, 2.05) is 32.0 Å². The number of halogens is 1. The van der Waals surface area contributed by atoms with Crippen LogP contribution in [0, 0.1) is 19.8 Å². The summed E-state index contributed by atoms with van der Waals surface area (Å²) in [5.74, 6) is -1.05. The number of aryl methyl sites for hydroxylation is 2. The molecule has 2 N–H and O–H groups in total. The number of anilines is 2. The molecule has 4 rings (SSSR count). The molecule has 34 heavy (non-hydrogen) atoms. The van der Waals surface area contributed by atoms with E-state index in [0.29, 0.717) is 40.2 Å². The van der Waals surface area contributed by atoms with Gasteiger partial charge in [0.2, 0.25) is 16.9 Å². The Morgan fingerprint density at radius 1 is 1.15 bits per heavy atom. The van der Waals surface area contributed by atoms with E-state index in [9.17, 15) is 14.4 Å². The summed E-state index contributed by atoms with van der Waals surface area (Å²) in [5, 5.41) is 15.1. The van der Waals surface area contributed by atoms with Crippen molar-refractivity contribution < 1.29 is 14.4 Å². The first-order chi connectivity index (χ1) is 16.3. The summed E-state index contributed by atoms with van der Waals surface area (Å²) in [6.07, 6.45) is 0.616. The summed E-state index contributed by atoms with van der Waals surface area (Å²) < 4.78 is 0. The molecule has 1 saturated heterocycles. The van der Waals surface area contributed by atoms with E-state index in [0.717, 1.165) is 16.8 Å². The van der Waals surface area contributed by atoms with Crippen molar-refractivity contribution in [1.82, 2.24) is 15.5 Å². The van der Waals surface area contributed by atoms with Gasteiger partial charge in [0.1, 0.15) is 5.01 Å². The number of hydrogen-bond acceptors (Lipinski definition) is 6. The number of carbonyl (C=O) groups is 3. The molecule has 0 bridgehead atoms. The first-order valence-corrected chi connectivity index (χ1v) is 12.0. The smallest absolute Gasteiger partial charge is 0.252 e. The third kappa shape index (κ3) is 5.43. The van der Waals surface area contributed by atoms with E-state index >= 15 is 0 Å². The SMILES string of the molecule is Cc1ccc(N2CC(C(=O)Nc3nnc(CCNC(=O)c4ccccc4Cl)s3)CC2=O)cc1C. The minimum absolute atomic E-state index is 0.0735. The normalized spacial score (nSPS) is 15.4. The van der Waals surface area contributed by atoms with Gasteiger partial charge in [0.05, 0.1) is 16.5 Å². The van der Waals surface area contributed by atoms with Crippen LogP contribution in [-0.4, -0.2) is 41.0 Å². The lowest BCUT2D eigenvalue weighted by molar-refractivity contribution is -0.122. The molecule has 1 aliphatic heterocycles. The number of benzene rings is 2. The van der Waals surface area contributed by atoms with Crippen LogP contribution in [0.2, 0.25) is 5.02 Å². The highest BCUT2D eigenvalue weighted by molar-refractivity contribution is 7.15. The first-order valence-electron chi connectivity index (χ1n) is 10.9. The van der Waals surface area contributed by atoms with E-state index in [-0.39, 0.29) is 24.1 Å². The number of rotatable bonds is 7. The van der Waals surface area contributed by atoms with Gasteiger partial charge < -0.3 is 15.5 Å². The molecular formula is C24H24ClN5O3S. The Balaban J connectivity index is 1.28. The van der Waals surface area contributed by atoms with Crippen molar-refractivity contribution in [2.24, 2.45) is 5.92 Å². The first kappa shape index (κ1) is 23.8. The van der Waals surface area contributed by atoms with Crippen molar-refractivity contribution in [2.75, 3.05) is 23.3 Å². The van der Waals surface area contributed by atoms with E-state index in [1.54, 1.807) is 29.2 Å². The zero-order valence-electron chi connectivity index (χ0n) is 18.8. The van der Waals surface area contributed by atoms with Gasteiger partial charge in [-0.2, -0.15) is 0 Å². The molecule has 2 aromatic carbocycles. The quantitative estimate of drug-likeness (QED) is 0.517. The molecule has 3 aromatic rings. The standard InChI is InChI=1S/C24H24ClN5O3S/c1-14-7-8-17(11-15(14)2)30-13-16(12-21(30)31)22(32)27-24-29-28-20(34-24)9-10-26-23(33)18-5-3-4-6-19(18)25/h3-8,11,16H,9-10,12-13H2,1-2H3,(H,26,33)(H,27,29,32). The van der Waals surface area contributed by atoms with Crippen molar-refractivity contribution in [1.29, 1.82) is 0 Å². The van der Waals surface area contributed by atoms with Gasteiger partial charge >= 0.3 is 0 Å². The molecule has 10 heteroatoms. The highest BCUT2D eigenvalue weighted by Gasteiger charge is 2.35. The highest BCUT2D eigenvalue weighted by Crippen LogP contribution is 2.28. The maximum atomic E-state index is 12.7. The predicted octanol–water partition coefficient (Wildman–Crippen LogP) is 3.77. The molecular weight excluding hydrogens is 474 g/mol. The minimum atomic E-state index is -0.462. The number of carbonyl (C=O) groups excluding carboxylic acids is 3. The highest BCUT2D eigenvalue weighted by atomic mass is 35.5. The minimum Gasteiger partial charge on any atom is -0.352 e. The van der Waals surface area contributed by atoms with Crippen molar-refractivity contribution in [2.45, 2.75) is 26.7 Å². The lowest BCUT2D eigenvalue weighted by Gasteiger charge is -2.17. The average Bonchev–Trinajstić information content (AvgIpc) is 3.42. The Labute approximate surface area is 206 Å². The van der Waals surface area contributed by atoms with Gasteiger partial charge in [-0.1, -0.05) is 41.1 Å². The summed E-state index contributed by atoms with van der Waals surface area (Å²) in [4.78, 5) is 39.1. The summed E-state index contributed by atoms with van der Waals surface area (Å²) in [5.41, 5.74) is 3.47. The van der Waals surface area contributed by atoms with Crippen LogP contribution in [0.3, 0.4) is 0 Å². The maximum absolute atomic E-state index is 12.7. The van der Waals surface area contributed by atoms with Crippen molar-refractivity contribution in [3.63, 3.8) is 0 Å². The van der Waals surface area contributed by atoms with Crippen LogP contribution < -0.4 is 15.5 Å². The van der Waals surface area contributed by atoms with Crippen LogP contribution in [0.4, 0.5) is 10.8 Å². The fraction of sp³-hybridized carbons (Fsp3) is 0.292. The van der Waals surface area contributed by atoms with Crippen LogP contribution in [0.5, 0.6) is 0 Å². The Bertz CT molecular complexity index is 1240. The van der Waals surface area contributed by atoms with Crippen LogP contribution in [-0.2, 0) is 16.0 Å². The third-order valence-electron chi connectivity index (χ3n) is 5.74. The molecule has 0 radical (unpaired) electrons. The summed E-state index contributed by atoms with van der Waals surface area (Å²) in [7, 11) is 0. The molecule has 8 nitrogen and oxygen atoms in total. The van der Waals surface area contributed by atoms with Gasteiger partial charge in [-0.3, -0.25) is 14.4 Å². The van der Waals surface area contributed by atoms with Crippen LogP contribution >= 0.6 is 22.9 Å². The monoisotopic (exact) mass is 497 g/mol. The predicted molar refractivity (Wildman–Crippen MR) is 132 cm³/mol. The van der Waals surface area contributed by atoms with E-state index in [1.165, 1.54) is 11.3 Å². The molecule has 1 fully saturated rings. The molecule has 0 spiro atoms. The van der Waals surface area contributed by atoms with Gasteiger partial charge in [-0.25, -0.2) is 0 Å². The molecule has 3 amide bonds. The zero-order valence-corrected chi connectivity index (χ0v) is 20.4. The zero-order chi connectivity index (χ0) is 24.2. The van der Waals surface area contributed by atoms with Crippen molar-refractivity contribution >= 4 is 51.5 Å². The number of nitrogens with zero attached hydrogens (tertiary/aromatic N) is 3. The third-order valence-corrected chi connectivity index (χ3v) is 6.97. The second-order valence-electron chi connectivity index (χ2n) is 8.15. The Hall–Kier alpha value is -3.30. The van der Waals surface area contributed by atoms with Gasteiger partial charge in [0.25, 0.3) is 5.91 Å². The van der Waals surface area contributed by atoms with E-state index in [2.05, 4.69) is 20.8 Å². The molecule has 176 valence electrons. The van der Waals surface area contributed by atoms with Crippen molar-refractivity contribution in [3.05, 3.63) is 69.2 Å². The Morgan fingerprint density at radius 2 is 1.94 bits per heavy atom. The molecule has 0 saturated carbocycles. The lowest BCUT2D eigenvalue weighted by Crippen LogP contribution is -2.28. The number of nitrogens with one attached hydrogen (secondary N) is 2. The largest absolute Gasteiger partial charge is 0.352 e. The molecule has 0 aliphatic carbocycles. The van der Waals surface area contributed by atoms with Crippen LogP contribution in [0.25, 0.3) is 0 Å². The average molecular weight is 498 g/mol. The fourth-order valence-corrected chi connectivity index (χ4v) is 4.63. The van der Waals surface area contributed by atoms with E-state index < -0.39 is 5.92 Å².